The van der Waals surface area contributed by atoms with Crippen LogP contribution in [0.5, 0.6) is 0 Å². The molecule has 1 aromatic carbocycles. The first kappa shape index (κ1) is 14.6. The van der Waals surface area contributed by atoms with E-state index >= 15 is 0 Å². The maximum atomic E-state index is 13.2. The summed E-state index contributed by atoms with van der Waals surface area (Å²) in [5.41, 5.74) is 0.479. The molecule has 0 spiro atoms. The van der Waals surface area contributed by atoms with E-state index in [1.165, 1.54) is 19.2 Å². The molecule has 0 radical (unpaired) electrons. The first-order valence-corrected chi connectivity index (χ1v) is 6.86. The van der Waals surface area contributed by atoms with Crippen molar-refractivity contribution >= 4 is 10.0 Å². The molecule has 98 valence electrons. The third-order valence-corrected chi connectivity index (χ3v) is 4.93. The zero-order valence-corrected chi connectivity index (χ0v) is 11.3. The summed E-state index contributed by atoms with van der Waals surface area (Å²) in [5.74, 6) is -0.597. The lowest BCUT2D eigenvalue weighted by Gasteiger charge is -2.23. The van der Waals surface area contributed by atoms with E-state index in [1.807, 2.05) is 6.07 Å². The second kappa shape index (κ2) is 5.46. The lowest BCUT2D eigenvalue weighted by molar-refractivity contribution is 0.392. The van der Waals surface area contributed by atoms with Gasteiger partial charge in [0, 0.05) is 13.1 Å². The van der Waals surface area contributed by atoms with E-state index in [2.05, 4.69) is 0 Å². The summed E-state index contributed by atoms with van der Waals surface area (Å²) >= 11 is 0. The number of halogens is 1. The number of benzene rings is 1. The summed E-state index contributed by atoms with van der Waals surface area (Å²) < 4.78 is 38.8. The highest BCUT2D eigenvalue weighted by Crippen LogP contribution is 2.22. The standard InChI is InChI=1S/C12H15FN2O2S/c1-9-4-5-11(13)8-12(9)18(16,17)15(3)10(2)6-7-14/h4-5,8,10H,6H2,1-3H3. The van der Waals surface area contributed by atoms with Crippen molar-refractivity contribution in [1.82, 2.24) is 4.31 Å². The molecule has 0 saturated heterocycles. The lowest BCUT2D eigenvalue weighted by Crippen LogP contribution is -2.35. The van der Waals surface area contributed by atoms with Crippen molar-refractivity contribution < 1.29 is 12.8 Å². The highest BCUT2D eigenvalue weighted by molar-refractivity contribution is 7.89. The van der Waals surface area contributed by atoms with Gasteiger partial charge in [-0.25, -0.2) is 12.8 Å². The van der Waals surface area contributed by atoms with Crippen molar-refractivity contribution in [1.29, 1.82) is 5.26 Å². The Balaban J connectivity index is 3.22. The molecule has 0 fully saturated rings. The van der Waals surface area contributed by atoms with Gasteiger partial charge in [0.1, 0.15) is 5.82 Å². The fourth-order valence-electron chi connectivity index (χ4n) is 1.50. The van der Waals surface area contributed by atoms with Crippen LogP contribution in [0.4, 0.5) is 4.39 Å². The smallest absolute Gasteiger partial charge is 0.207 e. The second-order valence-electron chi connectivity index (χ2n) is 4.14. The van der Waals surface area contributed by atoms with Gasteiger partial charge in [0.15, 0.2) is 0 Å². The Morgan fingerprint density at radius 1 is 1.50 bits per heavy atom. The van der Waals surface area contributed by atoms with E-state index in [9.17, 15) is 12.8 Å². The van der Waals surface area contributed by atoms with E-state index in [-0.39, 0.29) is 11.3 Å². The van der Waals surface area contributed by atoms with Gasteiger partial charge in [-0.2, -0.15) is 9.57 Å². The molecule has 0 aliphatic carbocycles. The Bertz CT molecular complexity index is 578. The summed E-state index contributed by atoms with van der Waals surface area (Å²) in [6.45, 7) is 3.24. The number of rotatable bonds is 4. The fourth-order valence-corrected chi connectivity index (χ4v) is 3.10. The van der Waals surface area contributed by atoms with Crippen LogP contribution in [0.1, 0.15) is 18.9 Å². The normalized spacial score (nSPS) is 13.3. The van der Waals surface area contributed by atoms with Gasteiger partial charge in [0.05, 0.1) is 17.4 Å². The average Bonchev–Trinajstić information content (AvgIpc) is 2.31. The van der Waals surface area contributed by atoms with Gasteiger partial charge in [-0.05, 0) is 31.5 Å². The molecule has 4 nitrogen and oxygen atoms in total. The number of nitrogens with zero attached hydrogens (tertiary/aromatic N) is 2. The minimum atomic E-state index is -3.77. The molecule has 1 aromatic rings. The Kier molecular flexibility index (Phi) is 4.43. The molecule has 0 amide bonds. The minimum absolute atomic E-state index is 0.0604. The van der Waals surface area contributed by atoms with E-state index in [1.54, 1.807) is 13.8 Å². The van der Waals surface area contributed by atoms with E-state index in [0.29, 0.717) is 5.56 Å². The second-order valence-corrected chi connectivity index (χ2v) is 6.11. The van der Waals surface area contributed by atoms with E-state index in [0.717, 1.165) is 10.4 Å². The maximum absolute atomic E-state index is 13.2. The molecule has 0 aliphatic rings. The Morgan fingerprint density at radius 2 is 2.11 bits per heavy atom. The van der Waals surface area contributed by atoms with Crippen LogP contribution in [0.3, 0.4) is 0 Å². The summed E-state index contributed by atoms with van der Waals surface area (Å²) in [6, 6.07) is 5.10. The van der Waals surface area contributed by atoms with E-state index in [4.69, 9.17) is 5.26 Å². The average molecular weight is 270 g/mol. The van der Waals surface area contributed by atoms with Gasteiger partial charge in [0.25, 0.3) is 0 Å². The minimum Gasteiger partial charge on any atom is -0.207 e. The molecule has 0 bridgehead atoms. The Hall–Kier alpha value is -1.45. The molecule has 6 heteroatoms. The first-order valence-electron chi connectivity index (χ1n) is 5.42. The molecule has 1 unspecified atom stereocenters. The van der Waals surface area contributed by atoms with Crippen molar-refractivity contribution in [2.45, 2.75) is 31.2 Å². The zero-order chi connectivity index (χ0) is 13.9. The number of sulfonamides is 1. The number of hydrogen-bond donors (Lipinski definition) is 0. The molecule has 0 aliphatic heterocycles. The maximum Gasteiger partial charge on any atom is 0.243 e. The molecule has 18 heavy (non-hydrogen) atoms. The van der Waals surface area contributed by atoms with Gasteiger partial charge in [0.2, 0.25) is 10.0 Å². The molecular formula is C12H15FN2O2S. The molecule has 0 N–H and O–H groups in total. The van der Waals surface area contributed by atoms with Crippen molar-refractivity contribution in [2.75, 3.05) is 7.05 Å². The van der Waals surface area contributed by atoms with Crippen LogP contribution < -0.4 is 0 Å². The lowest BCUT2D eigenvalue weighted by atomic mass is 10.2. The van der Waals surface area contributed by atoms with Crippen molar-refractivity contribution in [2.24, 2.45) is 0 Å². The highest BCUT2D eigenvalue weighted by atomic mass is 32.2. The molecule has 0 saturated carbocycles. The highest BCUT2D eigenvalue weighted by Gasteiger charge is 2.27. The van der Waals surface area contributed by atoms with Gasteiger partial charge in [-0.15, -0.1) is 0 Å². The number of aryl methyl sites for hydroxylation is 1. The Labute approximate surface area is 107 Å². The first-order chi connectivity index (χ1) is 8.30. The molecular weight excluding hydrogens is 255 g/mol. The van der Waals surface area contributed by atoms with Crippen LogP contribution in [0.25, 0.3) is 0 Å². The van der Waals surface area contributed by atoms with Crippen LogP contribution in [-0.4, -0.2) is 25.8 Å². The van der Waals surface area contributed by atoms with Gasteiger partial charge in [-0.3, -0.25) is 0 Å². The predicted molar refractivity (Wildman–Crippen MR) is 65.8 cm³/mol. The molecule has 1 atom stereocenters. The Morgan fingerprint density at radius 3 is 2.67 bits per heavy atom. The third kappa shape index (κ3) is 2.86. The molecule has 0 aromatic heterocycles. The van der Waals surface area contributed by atoms with Crippen LogP contribution in [0, 0.1) is 24.1 Å². The molecule has 1 rings (SSSR count). The zero-order valence-electron chi connectivity index (χ0n) is 10.5. The molecule has 0 heterocycles. The van der Waals surface area contributed by atoms with Crippen LogP contribution in [0.15, 0.2) is 23.1 Å². The summed E-state index contributed by atoms with van der Waals surface area (Å²) in [6.07, 6.45) is 0.0874. The largest absolute Gasteiger partial charge is 0.243 e. The van der Waals surface area contributed by atoms with Gasteiger partial charge < -0.3 is 0 Å². The van der Waals surface area contributed by atoms with Gasteiger partial charge >= 0.3 is 0 Å². The van der Waals surface area contributed by atoms with Crippen LogP contribution in [-0.2, 0) is 10.0 Å². The van der Waals surface area contributed by atoms with Gasteiger partial charge in [-0.1, -0.05) is 6.07 Å². The third-order valence-electron chi connectivity index (χ3n) is 2.81. The fraction of sp³-hybridized carbons (Fsp3) is 0.417. The summed E-state index contributed by atoms with van der Waals surface area (Å²) in [4.78, 5) is -0.0604. The van der Waals surface area contributed by atoms with Crippen LogP contribution in [0.2, 0.25) is 0 Å². The summed E-state index contributed by atoms with van der Waals surface area (Å²) in [5, 5.41) is 8.59. The van der Waals surface area contributed by atoms with Crippen molar-refractivity contribution in [3.63, 3.8) is 0 Å². The predicted octanol–water partition coefficient (Wildman–Crippen LogP) is 2.06. The SMILES string of the molecule is Cc1ccc(F)cc1S(=O)(=O)N(C)C(C)CC#N. The van der Waals surface area contributed by atoms with E-state index < -0.39 is 21.9 Å². The van der Waals surface area contributed by atoms with Crippen LogP contribution >= 0.6 is 0 Å². The number of nitriles is 1. The topological polar surface area (TPSA) is 61.2 Å². The van der Waals surface area contributed by atoms with Crippen molar-refractivity contribution in [3.05, 3.63) is 29.6 Å². The summed E-state index contributed by atoms with van der Waals surface area (Å²) in [7, 11) is -2.38. The van der Waals surface area contributed by atoms with Crippen molar-refractivity contribution in [3.8, 4) is 6.07 Å². The number of hydrogen-bond acceptors (Lipinski definition) is 3. The monoisotopic (exact) mass is 270 g/mol. The quantitative estimate of drug-likeness (QED) is 0.841.